The highest BCUT2D eigenvalue weighted by atomic mass is 16.2. The van der Waals surface area contributed by atoms with Gasteiger partial charge in [0.2, 0.25) is 5.91 Å². The van der Waals surface area contributed by atoms with Gasteiger partial charge in [0, 0.05) is 38.3 Å². The lowest BCUT2D eigenvalue weighted by molar-refractivity contribution is -0.132. The SMILES string of the molecule is Cc1cccc(NC(=O)N2CCN(C(=O)CCCN)CC2)c1. The first kappa shape index (κ1) is 16.3. The summed E-state index contributed by atoms with van der Waals surface area (Å²) in [6, 6.07) is 7.60. The highest BCUT2D eigenvalue weighted by molar-refractivity contribution is 5.89. The van der Waals surface area contributed by atoms with Gasteiger partial charge in [-0.2, -0.15) is 0 Å². The molecular weight excluding hydrogens is 280 g/mol. The Morgan fingerprint density at radius 1 is 1.18 bits per heavy atom. The van der Waals surface area contributed by atoms with Crippen LogP contribution in [0.2, 0.25) is 0 Å². The van der Waals surface area contributed by atoms with Crippen LogP contribution in [0.25, 0.3) is 0 Å². The molecule has 22 heavy (non-hydrogen) atoms. The fourth-order valence-electron chi connectivity index (χ4n) is 2.50. The number of piperazine rings is 1. The maximum absolute atomic E-state index is 12.2. The fraction of sp³-hybridized carbons (Fsp3) is 0.500. The lowest BCUT2D eigenvalue weighted by atomic mass is 10.2. The van der Waals surface area contributed by atoms with Crippen molar-refractivity contribution in [3.05, 3.63) is 29.8 Å². The van der Waals surface area contributed by atoms with Gasteiger partial charge >= 0.3 is 6.03 Å². The van der Waals surface area contributed by atoms with E-state index < -0.39 is 0 Å². The predicted molar refractivity (Wildman–Crippen MR) is 86.6 cm³/mol. The molecule has 3 amide bonds. The van der Waals surface area contributed by atoms with Crippen LogP contribution in [0.5, 0.6) is 0 Å². The number of urea groups is 1. The number of benzene rings is 1. The summed E-state index contributed by atoms with van der Waals surface area (Å²) in [4.78, 5) is 27.7. The van der Waals surface area contributed by atoms with Crippen molar-refractivity contribution in [3.63, 3.8) is 0 Å². The zero-order valence-electron chi connectivity index (χ0n) is 13.0. The largest absolute Gasteiger partial charge is 0.339 e. The molecule has 0 saturated carbocycles. The van der Waals surface area contributed by atoms with E-state index in [0.29, 0.717) is 45.6 Å². The van der Waals surface area contributed by atoms with Gasteiger partial charge in [0.1, 0.15) is 0 Å². The zero-order valence-corrected chi connectivity index (χ0v) is 13.0. The van der Waals surface area contributed by atoms with E-state index in [1.807, 2.05) is 36.1 Å². The second-order valence-electron chi connectivity index (χ2n) is 5.56. The van der Waals surface area contributed by atoms with Crippen LogP contribution < -0.4 is 11.1 Å². The molecule has 1 saturated heterocycles. The molecule has 1 aromatic carbocycles. The molecule has 0 bridgehead atoms. The maximum Gasteiger partial charge on any atom is 0.321 e. The van der Waals surface area contributed by atoms with Gasteiger partial charge in [0.25, 0.3) is 0 Å². The highest BCUT2D eigenvalue weighted by Gasteiger charge is 2.23. The molecule has 1 fully saturated rings. The second-order valence-corrected chi connectivity index (χ2v) is 5.56. The molecular formula is C16H24N4O2. The molecule has 0 spiro atoms. The Morgan fingerprint density at radius 2 is 1.86 bits per heavy atom. The van der Waals surface area contributed by atoms with E-state index in [-0.39, 0.29) is 11.9 Å². The monoisotopic (exact) mass is 304 g/mol. The summed E-state index contributed by atoms with van der Waals surface area (Å²) >= 11 is 0. The molecule has 3 N–H and O–H groups in total. The van der Waals surface area contributed by atoms with E-state index in [0.717, 1.165) is 11.3 Å². The molecule has 6 heteroatoms. The third-order valence-corrected chi connectivity index (χ3v) is 3.78. The molecule has 0 unspecified atom stereocenters. The van der Waals surface area contributed by atoms with Gasteiger partial charge in [-0.25, -0.2) is 4.79 Å². The summed E-state index contributed by atoms with van der Waals surface area (Å²) in [7, 11) is 0. The molecule has 1 aliphatic heterocycles. The van der Waals surface area contributed by atoms with Crippen LogP contribution in [-0.2, 0) is 4.79 Å². The molecule has 1 heterocycles. The Morgan fingerprint density at radius 3 is 2.50 bits per heavy atom. The predicted octanol–water partition coefficient (Wildman–Crippen LogP) is 1.41. The smallest absolute Gasteiger partial charge is 0.321 e. The minimum atomic E-state index is -0.111. The van der Waals surface area contributed by atoms with Crippen molar-refractivity contribution < 1.29 is 9.59 Å². The van der Waals surface area contributed by atoms with Crippen LogP contribution in [-0.4, -0.2) is 54.5 Å². The standard InChI is InChI=1S/C16H24N4O2/c1-13-4-2-5-14(12-13)18-16(22)20-10-8-19(9-11-20)15(21)6-3-7-17/h2,4-5,12H,3,6-11,17H2,1H3,(H,18,22). The highest BCUT2D eigenvalue weighted by Crippen LogP contribution is 2.12. The summed E-state index contributed by atoms with van der Waals surface area (Å²) in [6.07, 6.45) is 1.21. The van der Waals surface area contributed by atoms with E-state index in [4.69, 9.17) is 5.73 Å². The number of hydrogen-bond donors (Lipinski definition) is 2. The number of anilines is 1. The molecule has 0 aliphatic carbocycles. The first-order valence-corrected chi connectivity index (χ1v) is 7.70. The Kier molecular flexibility index (Phi) is 5.77. The summed E-state index contributed by atoms with van der Waals surface area (Å²) < 4.78 is 0. The van der Waals surface area contributed by atoms with Crippen molar-refractivity contribution in [1.82, 2.24) is 9.80 Å². The van der Waals surface area contributed by atoms with Crippen LogP contribution in [0.15, 0.2) is 24.3 Å². The van der Waals surface area contributed by atoms with Gasteiger partial charge in [0.15, 0.2) is 0 Å². The van der Waals surface area contributed by atoms with Crippen molar-refractivity contribution in [2.45, 2.75) is 19.8 Å². The van der Waals surface area contributed by atoms with Gasteiger partial charge in [0.05, 0.1) is 0 Å². The topological polar surface area (TPSA) is 78.7 Å². The third-order valence-electron chi connectivity index (χ3n) is 3.78. The van der Waals surface area contributed by atoms with Crippen LogP contribution >= 0.6 is 0 Å². The van der Waals surface area contributed by atoms with E-state index >= 15 is 0 Å². The van der Waals surface area contributed by atoms with Crippen LogP contribution in [0.4, 0.5) is 10.5 Å². The number of carbonyl (C=O) groups is 2. The fourth-order valence-corrected chi connectivity index (χ4v) is 2.50. The Balaban J connectivity index is 1.81. The molecule has 1 aliphatic rings. The second kappa shape index (κ2) is 7.79. The minimum absolute atomic E-state index is 0.111. The van der Waals surface area contributed by atoms with Gasteiger partial charge in [-0.1, -0.05) is 12.1 Å². The molecule has 1 aromatic rings. The number of nitrogens with two attached hydrogens (primary N) is 1. The summed E-state index contributed by atoms with van der Waals surface area (Å²) in [5, 5.41) is 2.90. The average molecular weight is 304 g/mol. The maximum atomic E-state index is 12.2. The van der Waals surface area contributed by atoms with Gasteiger partial charge in [-0.3, -0.25) is 4.79 Å². The zero-order chi connectivity index (χ0) is 15.9. The minimum Gasteiger partial charge on any atom is -0.339 e. The molecule has 6 nitrogen and oxygen atoms in total. The number of nitrogens with one attached hydrogen (secondary N) is 1. The van der Waals surface area contributed by atoms with E-state index in [2.05, 4.69) is 5.32 Å². The van der Waals surface area contributed by atoms with Crippen LogP contribution in [0.1, 0.15) is 18.4 Å². The molecule has 120 valence electrons. The number of hydrogen-bond acceptors (Lipinski definition) is 3. The Labute approximate surface area is 131 Å². The molecule has 0 aromatic heterocycles. The lowest BCUT2D eigenvalue weighted by Crippen LogP contribution is -2.51. The quantitative estimate of drug-likeness (QED) is 0.883. The first-order valence-electron chi connectivity index (χ1n) is 7.70. The number of amides is 3. The first-order chi connectivity index (χ1) is 10.6. The van der Waals surface area contributed by atoms with Crippen molar-refractivity contribution in [2.24, 2.45) is 5.73 Å². The summed E-state index contributed by atoms with van der Waals surface area (Å²) in [5.74, 6) is 0.129. The summed E-state index contributed by atoms with van der Waals surface area (Å²) in [5.41, 5.74) is 7.32. The van der Waals surface area contributed by atoms with Crippen molar-refractivity contribution >= 4 is 17.6 Å². The lowest BCUT2D eigenvalue weighted by Gasteiger charge is -2.34. The van der Waals surface area contributed by atoms with E-state index in [1.165, 1.54) is 0 Å². The van der Waals surface area contributed by atoms with Gasteiger partial charge < -0.3 is 20.9 Å². The normalized spacial score (nSPS) is 14.8. The van der Waals surface area contributed by atoms with Gasteiger partial charge in [-0.15, -0.1) is 0 Å². The number of rotatable bonds is 4. The van der Waals surface area contributed by atoms with Crippen molar-refractivity contribution in [1.29, 1.82) is 0 Å². The number of carbonyl (C=O) groups excluding carboxylic acids is 2. The Hall–Kier alpha value is -2.08. The van der Waals surface area contributed by atoms with Crippen molar-refractivity contribution in [2.75, 3.05) is 38.0 Å². The van der Waals surface area contributed by atoms with Crippen LogP contribution in [0, 0.1) is 6.92 Å². The summed E-state index contributed by atoms with van der Waals surface area (Å²) in [6.45, 7) is 4.82. The molecule has 0 atom stereocenters. The van der Waals surface area contributed by atoms with E-state index in [9.17, 15) is 9.59 Å². The third kappa shape index (κ3) is 4.46. The van der Waals surface area contributed by atoms with Crippen LogP contribution in [0.3, 0.4) is 0 Å². The number of nitrogens with zero attached hydrogens (tertiary/aromatic N) is 2. The Bertz CT molecular complexity index is 525. The average Bonchev–Trinajstić information content (AvgIpc) is 2.52. The van der Waals surface area contributed by atoms with E-state index in [1.54, 1.807) is 4.90 Å². The molecule has 0 radical (unpaired) electrons. The number of aryl methyl sites for hydroxylation is 1. The van der Waals surface area contributed by atoms with Crippen molar-refractivity contribution in [3.8, 4) is 0 Å². The molecule has 2 rings (SSSR count). The van der Waals surface area contributed by atoms with Gasteiger partial charge in [-0.05, 0) is 37.6 Å².